The fourth-order valence-electron chi connectivity index (χ4n) is 3.70. The number of nitrogens with zero attached hydrogens (tertiary/aromatic N) is 2. The Morgan fingerprint density at radius 3 is 3.04 bits per heavy atom. The van der Waals surface area contributed by atoms with Crippen LogP contribution in [-0.4, -0.2) is 41.5 Å². The molecular formula is C22H30FN3O2. The van der Waals surface area contributed by atoms with E-state index >= 15 is 0 Å². The van der Waals surface area contributed by atoms with Gasteiger partial charge in [0.1, 0.15) is 5.82 Å². The molecule has 1 amide bonds. The Balaban J connectivity index is 1.45. The van der Waals surface area contributed by atoms with E-state index in [1.54, 1.807) is 18.2 Å². The van der Waals surface area contributed by atoms with Crippen molar-refractivity contribution in [3.8, 4) is 11.3 Å². The molecule has 1 saturated heterocycles. The molecule has 2 heterocycles. The molecule has 28 heavy (non-hydrogen) atoms. The number of hydrogen-bond acceptors (Lipinski definition) is 4. The van der Waals surface area contributed by atoms with Crippen LogP contribution in [0.5, 0.6) is 0 Å². The van der Waals surface area contributed by atoms with Crippen LogP contribution in [-0.2, 0) is 11.2 Å². The number of amides is 1. The van der Waals surface area contributed by atoms with Crippen molar-refractivity contribution in [1.82, 2.24) is 15.2 Å². The number of benzene rings is 1. The van der Waals surface area contributed by atoms with E-state index in [4.69, 9.17) is 4.42 Å². The molecule has 1 unspecified atom stereocenters. The molecule has 0 radical (unpaired) electrons. The maximum absolute atomic E-state index is 13.8. The number of nitrogens with one attached hydrogen (secondary N) is 1. The Hall–Kier alpha value is -2.21. The lowest BCUT2D eigenvalue weighted by Gasteiger charge is -2.35. The SMILES string of the molecule is CCCCN1CCCCC1CNC(=O)CCc1ncc(-c2ccccc2F)o1. The van der Waals surface area contributed by atoms with E-state index in [-0.39, 0.29) is 11.7 Å². The second kappa shape index (κ2) is 10.4. The molecule has 6 heteroatoms. The summed E-state index contributed by atoms with van der Waals surface area (Å²) in [4.78, 5) is 18.9. The van der Waals surface area contributed by atoms with Gasteiger partial charge in [-0.15, -0.1) is 0 Å². The van der Waals surface area contributed by atoms with Crippen molar-refractivity contribution in [1.29, 1.82) is 0 Å². The number of likely N-dealkylation sites (tertiary alicyclic amines) is 1. The quantitative estimate of drug-likeness (QED) is 0.701. The first-order chi connectivity index (χ1) is 13.7. The monoisotopic (exact) mass is 387 g/mol. The van der Waals surface area contributed by atoms with Crippen molar-refractivity contribution in [3.05, 3.63) is 42.2 Å². The number of hydrogen-bond donors (Lipinski definition) is 1. The van der Waals surface area contributed by atoms with Crippen molar-refractivity contribution in [2.75, 3.05) is 19.6 Å². The predicted molar refractivity (Wildman–Crippen MR) is 107 cm³/mol. The van der Waals surface area contributed by atoms with Crippen LogP contribution in [0.15, 0.2) is 34.9 Å². The van der Waals surface area contributed by atoms with Crippen LogP contribution in [0.2, 0.25) is 0 Å². The fraction of sp³-hybridized carbons (Fsp3) is 0.545. The number of carbonyl (C=O) groups is 1. The lowest BCUT2D eigenvalue weighted by atomic mass is 10.0. The molecule has 0 bridgehead atoms. The molecule has 1 atom stereocenters. The Morgan fingerprint density at radius 2 is 2.21 bits per heavy atom. The van der Waals surface area contributed by atoms with Gasteiger partial charge in [-0.05, 0) is 44.5 Å². The smallest absolute Gasteiger partial charge is 0.220 e. The average Bonchev–Trinajstić information content (AvgIpc) is 3.19. The van der Waals surface area contributed by atoms with Gasteiger partial charge >= 0.3 is 0 Å². The van der Waals surface area contributed by atoms with E-state index in [2.05, 4.69) is 22.1 Å². The first-order valence-corrected chi connectivity index (χ1v) is 10.4. The van der Waals surface area contributed by atoms with Gasteiger partial charge in [0.15, 0.2) is 11.7 Å². The Kier molecular flexibility index (Phi) is 7.60. The number of piperidine rings is 1. The summed E-state index contributed by atoms with van der Waals surface area (Å²) >= 11 is 0. The predicted octanol–water partition coefficient (Wildman–Crippen LogP) is 4.18. The van der Waals surface area contributed by atoms with Gasteiger partial charge in [-0.1, -0.05) is 31.9 Å². The van der Waals surface area contributed by atoms with Gasteiger partial charge < -0.3 is 9.73 Å². The molecule has 0 spiro atoms. The van der Waals surface area contributed by atoms with Crippen LogP contribution in [0.4, 0.5) is 4.39 Å². The zero-order valence-corrected chi connectivity index (χ0v) is 16.6. The molecule has 1 N–H and O–H groups in total. The van der Waals surface area contributed by atoms with Crippen LogP contribution in [0, 0.1) is 5.82 Å². The highest BCUT2D eigenvalue weighted by Gasteiger charge is 2.22. The lowest BCUT2D eigenvalue weighted by molar-refractivity contribution is -0.121. The molecule has 0 aliphatic carbocycles. The molecular weight excluding hydrogens is 357 g/mol. The summed E-state index contributed by atoms with van der Waals surface area (Å²) in [6.45, 7) is 5.16. The Morgan fingerprint density at radius 1 is 1.36 bits per heavy atom. The number of halogens is 1. The molecule has 1 aromatic carbocycles. The van der Waals surface area contributed by atoms with Gasteiger partial charge in [-0.2, -0.15) is 0 Å². The van der Waals surface area contributed by atoms with Gasteiger partial charge in [0.2, 0.25) is 5.91 Å². The minimum Gasteiger partial charge on any atom is -0.441 e. The number of aromatic nitrogens is 1. The number of aryl methyl sites for hydroxylation is 1. The minimum atomic E-state index is -0.344. The van der Waals surface area contributed by atoms with Crippen LogP contribution >= 0.6 is 0 Å². The molecule has 0 saturated carbocycles. The maximum atomic E-state index is 13.8. The number of unbranched alkanes of at least 4 members (excludes halogenated alkanes) is 1. The average molecular weight is 387 g/mol. The van der Waals surface area contributed by atoms with Crippen molar-refractivity contribution in [2.45, 2.75) is 57.9 Å². The van der Waals surface area contributed by atoms with Crippen LogP contribution in [0.3, 0.4) is 0 Å². The molecule has 2 aromatic rings. The summed E-state index contributed by atoms with van der Waals surface area (Å²) < 4.78 is 19.4. The first-order valence-electron chi connectivity index (χ1n) is 10.4. The van der Waals surface area contributed by atoms with E-state index in [1.807, 2.05) is 0 Å². The highest BCUT2D eigenvalue weighted by molar-refractivity contribution is 5.76. The van der Waals surface area contributed by atoms with Gasteiger partial charge in [-0.25, -0.2) is 9.37 Å². The second-order valence-electron chi connectivity index (χ2n) is 7.44. The molecule has 1 aromatic heterocycles. The van der Waals surface area contributed by atoms with E-state index in [1.165, 1.54) is 37.9 Å². The molecule has 1 fully saturated rings. The van der Waals surface area contributed by atoms with E-state index in [0.717, 1.165) is 19.5 Å². The zero-order valence-electron chi connectivity index (χ0n) is 16.6. The third-order valence-corrected chi connectivity index (χ3v) is 5.34. The molecule has 5 nitrogen and oxygen atoms in total. The lowest BCUT2D eigenvalue weighted by Crippen LogP contribution is -2.47. The van der Waals surface area contributed by atoms with Crippen molar-refractivity contribution in [2.24, 2.45) is 0 Å². The molecule has 3 rings (SSSR count). The summed E-state index contributed by atoms with van der Waals surface area (Å²) in [6.07, 6.45) is 8.28. The Labute approximate surface area is 166 Å². The fourth-order valence-corrected chi connectivity index (χ4v) is 3.70. The van der Waals surface area contributed by atoms with E-state index in [9.17, 15) is 9.18 Å². The van der Waals surface area contributed by atoms with Gasteiger partial charge in [0, 0.05) is 25.4 Å². The van der Waals surface area contributed by atoms with E-state index in [0.29, 0.717) is 42.6 Å². The summed E-state index contributed by atoms with van der Waals surface area (Å²) in [5, 5.41) is 3.07. The Bertz CT molecular complexity index is 762. The maximum Gasteiger partial charge on any atom is 0.220 e. The van der Waals surface area contributed by atoms with Gasteiger partial charge in [-0.3, -0.25) is 9.69 Å². The summed E-state index contributed by atoms with van der Waals surface area (Å²) in [5.74, 6) is 0.507. The van der Waals surface area contributed by atoms with Gasteiger partial charge in [0.25, 0.3) is 0 Å². The first kappa shape index (κ1) is 20.5. The number of rotatable bonds is 9. The summed E-state index contributed by atoms with van der Waals surface area (Å²) in [5.41, 5.74) is 0.384. The topological polar surface area (TPSA) is 58.4 Å². The minimum absolute atomic E-state index is 0.00616. The van der Waals surface area contributed by atoms with Gasteiger partial charge in [0.05, 0.1) is 11.8 Å². The molecule has 152 valence electrons. The van der Waals surface area contributed by atoms with Crippen molar-refractivity contribution < 1.29 is 13.6 Å². The van der Waals surface area contributed by atoms with Crippen LogP contribution in [0.25, 0.3) is 11.3 Å². The third-order valence-electron chi connectivity index (χ3n) is 5.34. The highest BCUT2D eigenvalue weighted by Crippen LogP contribution is 2.23. The summed E-state index contributed by atoms with van der Waals surface area (Å²) in [7, 11) is 0. The van der Waals surface area contributed by atoms with E-state index < -0.39 is 0 Å². The standard InChI is InChI=1S/C22H30FN3O2/c1-2-3-13-26-14-7-6-8-17(26)15-24-21(27)11-12-22-25-16-20(28-22)18-9-4-5-10-19(18)23/h4-5,9-10,16-17H,2-3,6-8,11-15H2,1H3,(H,24,27). The highest BCUT2D eigenvalue weighted by atomic mass is 19.1. The number of carbonyl (C=O) groups excluding carboxylic acids is 1. The normalized spacial score (nSPS) is 17.6. The van der Waals surface area contributed by atoms with Crippen molar-refractivity contribution in [3.63, 3.8) is 0 Å². The zero-order chi connectivity index (χ0) is 19.8. The second-order valence-corrected chi connectivity index (χ2v) is 7.44. The van der Waals surface area contributed by atoms with Crippen LogP contribution < -0.4 is 5.32 Å². The number of oxazole rings is 1. The molecule has 1 aliphatic heterocycles. The summed E-state index contributed by atoms with van der Waals surface area (Å²) in [6, 6.07) is 6.87. The molecule has 1 aliphatic rings. The third kappa shape index (κ3) is 5.64. The largest absolute Gasteiger partial charge is 0.441 e. The van der Waals surface area contributed by atoms with Crippen molar-refractivity contribution >= 4 is 5.91 Å². The van der Waals surface area contributed by atoms with Crippen LogP contribution in [0.1, 0.15) is 51.3 Å².